The molecule has 24 heavy (non-hydrogen) atoms. The molecule has 1 heterocycles. The molecule has 3 rings (SSSR count). The summed E-state index contributed by atoms with van der Waals surface area (Å²) in [6.45, 7) is 3.74. The van der Waals surface area contributed by atoms with Crippen molar-refractivity contribution in [3.05, 3.63) is 35.4 Å². The van der Waals surface area contributed by atoms with Crippen LogP contribution >= 0.6 is 0 Å². The maximum absolute atomic E-state index is 12.9. The first-order valence-corrected chi connectivity index (χ1v) is 8.76. The van der Waals surface area contributed by atoms with Gasteiger partial charge in [-0.3, -0.25) is 9.59 Å². The number of nitrogens with one attached hydrogen (secondary N) is 1. The molecular formula is C19H26N2O3. The van der Waals surface area contributed by atoms with E-state index in [2.05, 4.69) is 30.4 Å². The van der Waals surface area contributed by atoms with Crippen LogP contribution in [0.5, 0.6) is 0 Å². The summed E-state index contributed by atoms with van der Waals surface area (Å²) in [4.78, 5) is 26.2. The van der Waals surface area contributed by atoms with E-state index in [-0.39, 0.29) is 23.9 Å². The predicted octanol–water partition coefficient (Wildman–Crippen LogP) is 1.86. The van der Waals surface area contributed by atoms with Gasteiger partial charge in [0, 0.05) is 19.9 Å². The summed E-state index contributed by atoms with van der Waals surface area (Å²) in [5, 5.41) is 13.1. The van der Waals surface area contributed by atoms with Crippen LogP contribution in [0.2, 0.25) is 0 Å². The molecule has 1 saturated heterocycles. The Balaban J connectivity index is 1.83. The van der Waals surface area contributed by atoms with Crippen LogP contribution in [0, 0.1) is 6.92 Å². The van der Waals surface area contributed by atoms with Gasteiger partial charge in [0.1, 0.15) is 6.04 Å². The van der Waals surface area contributed by atoms with E-state index in [1.807, 2.05) is 6.07 Å². The first-order chi connectivity index (χ1) is 11.4. The fourth-order valence-corrected chi connectivity index (χ4v) is 4.14. The number of β-amino-alcohol motifs (C(OH)–C–C–N with tert-alkyl or cyclic N) is 1. The first kappa shape index (κ1) is 17.0. The molecule has 0 radical (unpaired) electrons. The number of nitrogens with zero attached hydrogens (tertiary/aromatic N) is 1. The third-order valence-corrected chi connectivity index (χ3v) is 5.38. The van der Waals surface area contributed by atoms with E-state index in [9.17, 15) is 14.7 Å². The Morgan fingerprint density at radius 1 is 1.29 bits per heavy atom. The third-order valence-electron chi connectivity index (χ3n) is 5.38. The normalized spacial score (nSPS) is 25.7. The van der Waals surface area contributed by atoms with Crippen molar-refractivity contribution in [2.24, 2.45) is 0 Å². The number of aryl methyl sites for hydroxylation is 1. The van der Waals surface area contributed by atoms with E-state index >= 15 is 0 Å². The number of carbonyl (C=O) groups excluding carboxylic acids is 2. The average Bonchev–Trinajstić information content (AvgIpc) is 3.15. The van der Waals surface area contributed by atoms with Gasteiger partial charge < -0.3 is 15.3 Å². The van der Waals surface area contributed by atoms with Gasteiger partial charge >= 0.3 is 0 Å². The molecule has 2 N–H and O–H groups in total. The molecule has 1 aromatic rings. The van der Waals surface area contributed by atoms with E-state index in [0.29, 0.717) is 6.42 Å². The molecule has 0 unspecified atom stereocenters. The van der Waals surface area contributed by atoms with Crippen LogP contribution in [0.3, 0.4) is 0 Å². The van der Waals surface area contributed by atoms with Crippen LogP contribution in [0.1, 0.15) is 50.2 Å². The topological polar surface area (TPSA) is 69.6 Å². The zero-order chi connectivity index (χ0) is 17.3. The van der Waals surface area contributed by atoms with Gasteiger partial charge in [0.2, 0.25) is 11.8 Å². The molecule has 0 aromatic heterocycles. The second kappa shape index (κ2) is 6.55. The Morgan fingerprint density at radius 3 is 2.62 bits per heavy atom. The van der Waals surface area contributed by atoms with Gasteiger partial charge in [-0.1, -0.05) is 42.7 Å². The van der Waals surface area contributed by atoms with E-state index < -0.39 is 12.1 Å². The molecule has 2 fully saturated rings. The number of aliphatic hydroxyl groups excluding tert-OH is 1. The zero-order valence-electron chi connectivity index (χ0n) is 14.4. The SMILES string of the molecule is CC(=O)N1C[C@H](O)C[C@@H]1C(=O)NC1(c2cccc(C)c2)CCCC1. The van der Waals surface area contributed by atoms with Crippen LogP contribution in [0.4, 0.5) is 0 Å². The number of likely N-dealkylation sites (tertiary alicyclic amines) is 1. The number of aliphatic hydroxyl groups is 1. The molecule has 5 heteroatoms. The maximum Gasteiger partial charge on any atom is 0.243 e. The maximum atomic E-state index is 12.9. The Hall–Kier alpha value is -1.88. The minimum atomic E-state index is -0.622. The molecule has 130 valence electrons. The van der Waals surface area contributed by atoms with Gasteiger partial charge in [-0.2, -0.15) is 0 Å². The number of hydrogen-bond acceptors (Lipinski definition) is 3. The van der Waals surface area contributed by atoms with Gasteiger partial charge in [0.15, 0.2) is 0 Å². The van der Waals surface area contributed by atoms with Crippen LogP contribution in [0.15, 0.2) is 24.3 Å². The summed E-state index contributed by atoms with van der Waals surface area (Å²) >= 11 is 0. The van der Waals surface area contributed by atoms with E-state index in [1.165, 1.54) is 17.4 Å². The van der Waals surface area contributed by atoms with E-state index in [4.69, 9.17) is 0 Å². The van der Waals surface area contributed by atoms with Gasteiger partial charge in [-0.05, 0) is 25.3 Å². The molecule has 1 aliphatic heterocycles. The van der Waals surface area contributed by atoms with Gasteiger partial charge in [-0.25, -0.2) is 0 Å². The summed E-state index contributed by atoms with van der Waals surface area (Å²) in [6, 6.07) is 7.72. The Bertz CT molecular complexity index is 637. The fourth-order valence-electron chi connectivity index (χ4n) is 4.14. The summed E-state index contributed by atoms with van der Waals surface area (Å²) in [7, 11) is 0. The number of carbonyl (C=O) groups is 2. The highest BCUT2D eigenvalue weighted by atomic mass is 16.3. The molecule has 2 aliphatic rings. The molecule has 0 bridgehead atoms. The van der Waals surface area contributed by atoms with Gasteiger partial charge in [-0.15, -0.1) is 0 Å². The Morgan fingerprint density at radius 2 is 2.00 bits per heavy atom. The fraction of sp³-hybridized carbons (Fsp3) is 0.579. The average molecular weight is 330 g/mol. The highest BCUT2D eigenvalue weighted by Crippen LogP contribution is 2.39. The van der Waals surface area contributed by atoms with Crippen molar-refractivity contribution in [1.82, 2.24) is 10.2 Å². The first-order valence-electron chi connectivity index (χ1n) is 8.76. The molecule has 1 aliphatic carbocycles. The monoisotopic (exact) mass is 330 g/mol. The van der Waals surface area contributed by atoms with Crippen LogP contribution < -0.4 is 5.32 Å². The van der Waals surface area contributed by atoms with Crippen molar-refractivity contribution in [2.45, 2.75) is 63.6 Å². The minimum Gasteiger partial charge on any atom is -0.391 e. The molecule has 2 amide bonds. The standard InChI is InChI=1S/C19H26N2O3/c1-13-6-5-7-15(10-13)19(8-3-4-9-19)20-18(24)17-11-16(23)12-21(17)14(2)22/h5-7,10,16-17,23H,3-4,8-9,11-12H2,1-2H3,(H,20,24)/t16-,17-/m1/s1. The Labute approximate surface area is 143 Å². The summed E-state index contributed by atoms with van der Waals surface area (Å²) in [5.41, 5.74) is 1.97. The predicted molar refractivity (Wildman–Crippen MR) is 91.3 cm³/mol. The number of rotatable bonds is 3. The molecule has 5 nitrogen and oxygen atoms in total. The van der Waals surface area contributed by atoms with Crippen molar-refractivity contribution in [3.8, 4) is 0 Å². The second-order valence-electron chi connectivity index (χ2n) is 7.22. The quantitative estimate of drug-likeness (QED) is 0.889. The van der Waals surface area contributed by atoms with Crippen LogP contribution in [0.25, 0.3) is 0 Å². The lowest BCUT2D eigenvalue weighted by molar-refractivity contribution is -0.137. The van der Waals surface area contributed by atoms with E-state index in [0.717, 1.165) is 31.2 Å². The van der Waals surface area contributed by atoms with Gasteiger partial charge in [0.05, 0.1) is 11.6 Å². The van der Waals surface area contributed by atoms with E-state index in [1.54, 1.807) is 0 Å². The van der Waals surface area contributed by atoms with Gasteiger partial charge in [0.25, 0.3) is 0 Å². The number of hydrogen-bond donors (Lipinski definition) is 2. The van der Waals surface area contributed by atoms with Crippen molar-refractivity contribution < 1.29 is 14.7 Å². The molecule has 2 atom stereocenters. The third kappa shape index (κ3) is 3.18. The molecular weight excluding hydrogens is 304 g/mol. The molecule has 1 saturated carbocycles. The van der Waals surface area contributed by atoms with Crippen molar-refractivity contribution >= 4 is 11.8 Å². The highest BCUT2D eigenvalue weighted by Gasteiger charge is 2.43. The largest absolute Gasteiger partial charge is 0.391 e. The second-order valence-corrected chi connectivity index (χ2v) is 7.22. The summed E-state index contributed by atoms with van der Waals surface area (Å²) in [5.74, 6) is -0.312. The number of amides is 2. The van der Waals surface area contributed by atoms with Crippen molar-refractivity contribution in [2.75, 3.05) is 6.54 Å². The summed E-state index contributed by atoms with van der Waals surface area (Å²) in [6.07, 6.45) is 3.68. The summed E-state index contributed by atoms with van der Waals surface area (Å²) < 4.78 is 0. The molecule has 0 spiro atoms. The van der Waals surface area contributed by atoms with Crippen LogP contribution in [-0.4, -0.2) is 40.5 Å². The van der Waals surface area contributed by atoms with Crippen molar-refractivity contribution in [3.63, 3.8) is 0 Å². The van der Waals surface area contributed by atoms with Crippen molar-refractivity contribution in [1.29, 1.82) is 0 Å². The lowest BCUT2D eigenvalue weighted by Gasteiger charge is -2.34. The smallest absolute Gasteiger partial charge is 0.243 e. The lowest BCUT2D eigenvalue weighted by atomic mass is 9.87. The minimum absolute atomic E-state index is 0.148. The highest BCUT2D eigenvalue weighted by molar-refractivity contribution is 5.88. The lowest BCUT2D eigenvalue weighted by Crippen LogP contribution is -2.52. The zero-order valence-corrected chi connectivity index (χ0v) is 14.4. The Kier molecular flexibility index (Phi) is 4.63. The number of benzene rings is 1. The molecule has 1 aromatic carbocycles. The van der Waals surface area contributed by atoms with Crippen LogP contribution in [-0.2, 0) is 15.1 Å².